The van der Waals surface area contributed by atoms with Crippen molar-refractivity contribution in [2.45, 2.75) is 6.04 Å². The zero-order chi connectivity index (χ0) is 15.8. The van der Waals surface area contributed by atoms with Gasteiger partial charge in [0.2, 0.25) is 0 Å². The van der Waals surface area contributed by atoms with Crippen LogP contribution in [-0.2, 0) is 9.84 Å². The maximum atomic E-state index is 13.8. The fourth-order valence-electron chi connectivity index (χ4n) is 1.86. The number of nitrogens with zero attached hydrogens (tertiary/aromatic N) is 1. The van der Waals surface area contributed by atoms with E-state index < -0.39 is 43.8 Å². The summed E-state index contributed by atoms with van der Waals surface area (Å²) in [6, 6.07) is 0.528. The molecule has 0 spiro atoms. The number of hydrogen-bond acceptors (Lipinski definition) is 6. The number of aromatic carboxylic acids is 1. The van der Waals surface area contributed by atoms with Gasteiger partial charge >= 0.3 is 5.97 Å². The summed E-state index contributed by atoms with van der Waals surface area (Å²) in [6.45, 7) is 0. The highest BCUT2D eigenvalue weighted by Gasteiger charge is 2.26. The molecule has 0 amide bonds. The Labute approximate surface area is 118 Å². The number of halogens is 1. The van der Waals surface area contributed by atoms with E-state index in [1.165, 1.54) is 6.08 Å². The highest BCUT2D eigenvalue weighted by atomic mass is 32.2. The smallest absolute Gasteiger partial charge is 0.342 e. The molecule has 2 rings (SSSR count). The third-order valence-electron chi connectivity index (χ3n) is 2.78. The van der Waals surface area contributed by atoms with Crippen molar-refractivity contribution in [2.75, 3.05) is 11.1 Å². The Balaban J connectivity index is 2.37. The normalized spacial score (nSPS) is 19.4. The summed E-state index contributed by atoms with van der Waals surface area (Å²) >= 11 is 0. The zero-order valence-electron chi connectivity index (χ0n) is 10.3. The second-order valence-electron chi connectivity index (χ2n) is 4.32. The van der Waals surface area contributed by atoms with Crippen LogP contribution in [0, 0.1) is 15.9 Å². The van der Waals surface area contributed by atoms with Crippen LogP contribution in [0.4, 0.5) is 15.8 Å². The van der Waals surface area contributed by atoms with Gasteiger partial charge < -0.3 is 10.4 Å². The second-order valence-corrected chi connectivity index (χ2v) is 6.25. The fourth-order valence-corrected chi connectivity index (χ4v) is 3.10. The molecule has 1 unspecified atom stereocenters. The van der Waals surface area contributed by atoms with Crippen LogP contribution in [0.5, 0.6) is 0 Å². The van der Waals surface area contributed by atoms with Gasteiger partial charge in [-0.05, 0) is 6.07 Å². The fraction of sp³-hybridized carbons (Fsp3) is 0.182. The minimum Gasteiger partial charge on any atom is -0.477 e. The van der Waals surface area contributed by atoms with Crippen LogP contribution in [0.3, 0.4) is 0 Å². The summed E-state index contributed by atoms with van der Waals surface area (Å²) < 4.78 is 36.2. The molecule has 8 nitrogen and oxygen atoms in total. The zero-order valence-corrected chi connectivity index (χ0v) is 11.1. The number of carboxylic acid groups (broad SMARTS) is 1. The molecular weight excluding hydrogens is 307 g/mol. The van der Waals surface area contributed by atoms with Crippen LogP contribution >= 0.6 is 0 Å². The molecule has 0 aliphatic carbocycles. The van der Waals surface area contributed by atoms with E-state index >= 15 is 0 Å². The number of rotatable bonds is 4. The molecule has 1 aliphatic heterocycles. The van der Waals surface area contributed by atoms with Gasteiger partial charge in [-0.2, -0.15) is 0 Å². The van der Waals surface area contributed by atoms with Crippen molar-refractivity contribution < 1.29 is 27.6 Å². The summed E-state index contributed by atoms with van der Waals surface area (Å²) in [6.07, 6.45) is 1.29. The van der Waals surface area contributed by atoms with Gasteiger partial charge in [-0.1, -0.05) is 6.08 Å². The topological polar surface area (TPSA) is 127 Å². The van der Waals surface area contributed by atoms with Gasteiger partial charge in [0.05, 0.1) is 28.5 Å². The Morgan fingerprint density at radius 1 is 1.48 bits per heavy atom. The van der Waals surface area contributed by atoms with E-state index in [4.69, 9.17) is 5.11 Å². The van der Waals surface area contributed by atoms with Crippen molar-refractivity contribution in [3.05, 3.63) is 45.1 Å². The van der Waals surface area contributed by atoms with E-state index in [0.717, 1.165) is 11.5 Å². The van der Waals surface area contributed by atoms with E-state index in [0.29, 0.717) is 6.07 Å². The maximum Gasteiger partial charge on any atom is 0.342 e. The molecule has 0 fully saturated rings. The van der Waals surface area contributed by atoms with Gasteiger partial charge in [0, 0.05) is 5.41 Å². The Kier molecular flexibility index (Phi) is 3.64. The Hall–Kier alpha value is -2.49. The number of anilines is 1. The lowest BCUT2D eigenvalue weighted by Gasteiger charge is -2.13. The first-order chi connectivity index (χ1) is 9.69. The molecule has 0 bridgehead atoms. The quantitative estimate of drug-likeness (QED) is 0.630. The molecule has 1 aromatic rings. The van der Waals surface area contributed by atoms with Crippen LogP contribution in [0.15, 0.2) is 23.6 Å². The van der Waals surface area contributed by atoms with E-state index in [2.05, 4.69) is 5.32 Å². The molecule has 0 aromatic heterocycles. The van der Waals surface area contributed by atoms with Crippen molar-refractivity contribution in [3.63, 3.8) is 0 Å². The molecule has 10 heteroatoms. The van der Waals surface area contributed by atoms with Crippen LogP contribution < -0.4 is 5.32 Å². The van der Waals surface area contributed by atoms with Gasteiger partial charge in [0.15, 0.2) is 15.7 Å². The summed E-state index contributed by atoms with van der Waals surface area (Å²) in [5.41, 5.74) is -1.88. The molecule has 21 heavy (non-hydrogen) atoms. The minimum absolute atomic E-state index is 0.300. The number of sulfone groups is 1. The summed E-state index contributed by atoms with van der Waals surface area (Å²) in [5.74, 6) is -2.92. The van der Waals surface area contributed by atoms with Crippen LogP contribution in [-0.4, -0.2) is 36.2 Å². The summed E-state index contributed by atoms with van der Waals surface area (Å²) in [5, 5.41) is 23.1. The number of nitro groups is 1. The monoisotopic (exact) mass is 316 g/mol. The van der Waals surface area contributed by atoms with E-state index in [1.807, 2.05) is 0 Å². The highest BCUT2D eigenvalue weighted by molar-refractivity contribution is 7.94. The lowest BCUT2D eigenvalue weighted by Crippen LogP contribution is -2.22. The molecule has 1 heterocycles. The van der Waals surface area contributed by atoms with Gasteiger partial charge in [-0.15, -0.1) is 0 Å². The van der Waals surface area contributed by atoms with Gasteiger partial charge in [0.1, 0.15) is 5.56 Å². The summed E-state index contributed by atoms with van der Waals surface area (Å²) in [7, 11) is -3.37. The number of nitrogens with one attached hydrogen (secondary N) is 1. The van der Waals surface area contributed by atoms with Crippen molar-refractivity contribution in [1.29, 1.82) is 0 Å². The average molecular weight is 316 g/mol. The summed E-state index contributed by atoms with van der Waals surface area (Å²) in [4.78, 5) is 20.6. The first kappa shape index (κ1) is 14.9. The molecule has 1 aromatic carbocycles. The van der Waals surface area contributed by atoms with Crippen molar-refractivity contribution in [1.82, 2.24) is 0 Å². The first-order valence-electron chi connectivity index (χ1n) is 5.58. The Bertz CT molecular complexity index is 758. The number of benzene rings is 1. The predicted molar refractivity (Wildman–Crippen MR) is 70.4 cm³/mol. The lowest BCUT2D eigenvalue weighted by atomic mass is 10.1. The molecule has 0 radical (unpaired) electrons. The van der Waals surface area contributed by atoms with Crippen LogP contribution in [0.2, 0.25) is 0 Å². The number of carbonyl (C=O) groups is 1. The number of hydrogen-bond donors (Lipinski definition) is 2. The van der Waals surface area contributed by atoms with Gasteiger partial charge in [0.25, 0.3) is 5.69 Å². The molecule has 1 atom stereocenters. The minimum atomic E-state index is -3.37. The van der Waals surface area contributed by atoms with Crippen molar-refractivity contribution in [2.24, 2.45) is 0 Å². The third-order valence-corrected chi connectivity index (χ3v) is 4.18. The first-order valence-corrected chi connectivity index (χ1v) is 7.30. The molecule has 1 aliphatic rings. The van der Waals surface area contributed by atoms with E-state index in [-0.39, 0.29) is 11.4 Å². The predicted octanol–water partition coefficient (Wildman–Crippen LogP) is 1.15. The van der Waals surface area contributed by atoms with Crippen molar-refractivity contribution >= 4 is 27.2 Å². The molecule has 112 valence electrons. The Morgan fingerprint density at radius 2 is 2.14 bits per heavy atom. The van der Waals surface area contributed by atoms with Gasteiger partial charge in [-0.3, -0.25) is 10.1 Å². The maximum absolute atomic E-state index is 13.8. The lowest BCUT2D eigenvalue weighted by molar-refractivity contribution is -0.385. The van der Waals surface area contributed by atoms with Crippen molar-refractivity contribution in [3.8, 4) is 0 Å². The molecule has 2 N–H and O–H groups in total. The SMILES string of the molecule is O=C(O)c1cc(NC2C=CS(=O)(=O)C2)c(F)cc1[N+](=O)[O-]. The number of carboxylic acids is 1. The molecular formula is C11H9FN2O6S. The Morgan fingerprint density at radius 3 is 2.62 bits per heavy atom. The molecule has 0 saturated carbocycles. The average Bonchev–Trinajstić information content (AvgIpc) is 2.70. The highest BCUT2D eigenvalue weighted by Crippen LogP contribution is 2.27. The third kappa shape index (κ3) is 3.16. The van der Waals surface area contributed by atoms with Crippen LogP contribution in [0.1, 0.15) is 10.4 Å². The number of nitro benzene ring substituents is 1. The largest absolute Gasteiger partial charge is 0.477 e. The van der Waals surface area contributed by atoms with E-state index in [1.54, 1.807) is 0 Å². The van der Waals surface area contributed by atoms with Crippen LogP contribution in [0.25, 0.3) is 0 Å². The van der Waals surface area contributed by atoms with E-state index in [9.17, 15) is 27.7 Å². The second kappa shape index (κ2) is 5.13. The standard InChI is InChI=1S/C11H9FN2O6S/c12-8-4-10(14(17)18)7(11(15)16)3-9(8)13-6-1-2-21(19,20)5-6/h1-4,6,13H,5H2,(H,15,16). The van der Waals surface area contributed by atoms with Gasteiger partial charge in [-0.25, -0.2) is 17.6 Å². The molecule has 0 saturated heterocycles.